The third-order valence-corrected chi connectivity index (χ3v) is 15.2. The van der Waals surface area contributed by atoms with Crippen molar-refractivity contribution in [3.8, 4) is 50.2 Å². The van der Waals surface area contributed by atoms with E-state index in [4.69, 9.17) is 4.42 Å². The SMILES string of the molecule is c1ccc(-c2ccccc2-c2ccccc2N(c2cccc(-c3ccc4oc5ccccc5c4c3)c2)c2cccc3c2-c2ccccc2C32c3ccccc3-n3c4ccccc4c4cccc2c43)cc1. The van der Waals surface area contributed by atoms with Crippen molar-refractivity contribution in [2.75, 3.05) is 4.90 Å². The Bertz CT molecular complexity index is 4270. The van der Waals surface area contributed by atoms with E-state index >= 15 is 0 Å². The summed E-state index contributed by atoms with van der Waals surface area (Å²) in [5.41, 5.74) is 22.8. The topological polar surface area (TPSA) is 21.3 Å². The molecule has 0 saturated heterocycles. The van der Waals surface area contributed by atoms with Crippen molar-refractivity contribution in [2.24, 2.45) is 0 Å². The standard InChI is InChI=1S/C67H42N2O/c1-2-19-43(20-3-1)47-23-4-5-24-48(47)49-25-7-12-34-59(49)68(46-22-16-21-44(41-46)45-39-40-64-54(42-45)51-27-9-15-38-63(51)70-64)62-37-18-32-57-65(62)53-28-6-10-30-55(53)67(57)56-31-11-14-36-61(56)69-60-35-13-8-26-50(60)52-29-17-33-58(67)66(52)69/h1-42H. The van der Waals surface area contributed by atoms with Crippen LogP contribution in [0.3, 0.4) is 0 Å². The highest BCUT2D eigenvalue weighted by atomic mass is 16.3. The number of para-hydroxylation sites is 5. The lowest BCUT2D eigenvalue weighted by molar-refractivity contribution is 0.669. The monoisotopic (exact) mass is 890 g/mol. The Kier molecular flexibility index (Phi) is 8.28. The molecule has 1 spiro atoms. The minimum Gasteiger partial charge on any atom is -0.456 e. The molecular formula is C67H42N2O. The van der Waals surface area contributed by atoms with Crippen LogP contribution in [0.4, 0.5) is 17.1 Å². The average molecular weight is 891 g/mol. The molecule has 1 aliphatic carbocycles. The van der Waals surface area contributed by atoms with Gasteiger partial charge in [-0.2, -0.15) is 0 Å². The number of benzene rings is 11. The highest BCUT2D eigenvalue weighted by Crippen LogP contribution is 2.63. The number of aromatic nitrogens is 1. The summed E-state index contributed by atoms with van der Waals surface area (Å²) in [5.74, 6) is 0. The smallest absolute Gasteiger partial charge is 0.135 e. The van der Waals surface area contributed by atoms with Gasteiger partial charge in [-0.3, -0.25) is 0 Å². The molecule has 0 bridgehead atoms. The largest absolute Gasteiger partial charge is 0.456 e. The molecule has 0 fully saturated rings. The average Bonchev–Trinajstić information content (AvgIpc) is 4.08. The first-order valence-corrected chi connectivity index (χ1v) is 24.2. The fourth-order valence-electron chi connectivity index (χ4n) is 12.4. The van der Waals surface area contributed by atoms with Gasteiger partial charge >= 0.3 is 0 Å². The fourth-order valence-corrected chi connectivity index (χ4v) is 12.4. The molecule has 3 nitrogen and oxygen atoms in total. The first-order valence-electron chi connectivity index (χ1n) is 24.2. The minimum atomic E-state index is -0.599. The van der Waals surface area contributed by atoms with Gasteiger partial charge in [0.25, 0.3) is 0 Å². The maximum absolute atomic E-state index is 6.30. The van der Waals surface area contributed by atoms with Gasteiger partial charge in [0.1, 0.15) is 11.2 Å². The molecule has 1 unspecified atom stereocenters. The molecule has 2 aliphatic rings. The molecule has 0 amide bonds. The summed E-state index contributed by atoms with van der Waals surface area (Å²) in [4.78, 5) is 2.54. The lowest BCUT2D eigenvalue weighted by Gasteiger charge is -2.39. The Morgan fingerprint density at radius 3 is 1.84 bits per heavy atom. The zero-order valence-corrected chi connectivity index (χ0v) is 38.1. The molecule has 70 heavy (non-hydrogen) atoms. The van der Waals surface area contributed by atoms with Gasteiger partial charge in [-0.1, -0.05) is 200 Å². The summed E-state index contributed by atoms with van der Waals surface area (Å²) in [6.07, 6.45) is 0. The number of hydrogen-bond acceptors (Lipinski definition) is 2. The zero-order valence-electron chi connectivity index (χ0n) is 38.1. The van der Waals surface area contributed by atoms with E-state index in [1.54, 1.807) is 0 Å². The van der Waals surface area contributed by atoms with E-state index in [0.717, 1.165) is 55.7 Å². The normalized spacial score (nSPS) is 14.3. The van der Waals surface area contributed by atoms with E-state index in [9.17, 15) is 0 Å². The molecule has 1 atom stereocenters. The second-order valence-electron chi connectivity index (χ2n) is 18.7. The Morgan fingerprint density at radius 2 is 0.943 bits per heavy atom. The Balaban J connectivity index is 1.03. The Morgan fingerprint density at radius 1 is 0.343 bits per heavy atom. The molecule has 3 heterocycles. The van der Waals surface area contributed by atoms with Crippen molar-refractivity contribution in [2.45, 2.75) is 5.41 Å². The van der Waals surface area contributed by atoms with E-state index in [1.165, 1.54) is 77.6 Å². The molecule has 0 N–H and O–H groups in total. The molecule has 2 aromatic heterocycles. The third-order valence-electron chi connectivity index (χ3n) is 15.2. The van der Waals surface area contributed by atoms with Gasteiger partial charge in [0.15, 0.2) is 0 Å². The summed E-state index contributed by atoms with van der Waals surface area (Å²) in [6, 6.07) is 93.8. The number of rotatable bonds is 6. The molecule has 1 aliphatic heterocycles. The molecule has 0 saturated carbocycles. The van der Waals surface area contributed by atoms with Crippen LogP contribution in [0, 0.1) is 0 Å². The van der Waals surface area contributed by atoms with Crippen molar-refractivity contribution >= 4 is 60.8 Å². The first-order chi connectivity index (χ1) is 34.8. The van der Waals surface area contributed by atoms with Crippen molar-refractivity contribution < 1.29 is 4.42 Å². The highest BCUT2D eigenvalue weighted by molar-refractivity contribution is 6.13. The third kappa shape index (κ3) is 5.34. The number of furan rings is 1. The summed E-state index contributed by atoms with van der Waals surface area (Å²) in [7, 11) is 0. The molecule has 13 aromatic rings. The highest BCUT2D eigenvalue weighted by Gasteiger charge is 2.51. The van der Waals surface area contributed by atoms with Crippen LogP contribution in [-0.2, 0) is 5.41 Å². The van der Waals surface area contributed by atoms with E-state index in [-0.39, 0.29) is 0 Å². The van der Waals surface area contributed by atoms with Crippen LogP contribution in [0.2, 0.25) is 0 Å². The van der Waals surface area contributed by atoms with Crippen LogP contribution in [0.1, 0.15) is 22.3 Å². The maximum Gasteiger partial charge on any atom is 0.135 e. The van der Waals surface area contributed by atoms with Crippen LogP contribution < -0.4 is 4.90 Å². The number of hydrogen-bond donors (Lipinski definition) is 0. The number of nitrogens with zero attached hydrogens (tertiary/aromatic N) is 2. The second-order valence-corrected chi connectivity index (χ2v) is 18.7. The van der Waals surface area contributed by atoms with Crippen LogP contribution in [0.15, 0.2) is 259 Å². The molecular weight excluding hydrogens is 849 g/mol. The lowest BCUT2D eigenvalue weighted by Crippen LogP contribution is -2.33. The molecule has 11 aromatic carbocycles. The Hall–Kier alpha value is -9.18. The van der Waals surface area contributed by atoms with Gasteiger partial charge < -0.3 is 13.9 Å². The van der Waals surface area contributed by atoms with Gasteiger partial charge in [0.2, 0.25) is 0 Å². The van der Waals surface area contributed by atoms with Crippen LogP contribution in [0.5, 0.6) is 0 Å². The fraction of sp³-hybridized carbons (Fsp3) is 0.0149. The predicted molar refractivity (Wildman–Crippen MR) is 290 cm³/mol. The van der Waals surface area contributed by atoms with Gasteiger partial charge in [0, 0.05) is 38.4 Å². The van der Waals surface area contributed by atoms with Crippen LogP contribution in [0.25, 0.3) is 93.9 Å². The van der Waals surface area contributed by atoms with E-state index in [1.807, 2.05) is 12.1 Å². The summed E-state index contributed by atoms with van der Waals surface area (Å²) >= 11 is 0. The van der Waals surface area contributed by atoms with Crippen molar-refractivity contribution in [1.82, 2.24) is 4.57 Å². The maximum atomic E-state index is 6.30. The molecule has 326 valence electrons. The van der Waals surface area contributed by atoms with E-state index in [2.05, 4.69) is 252 Å². The summed E-state index contributed by atoms with van der Waals surface area (Å²) in [5, 5.41) is 4.78. The predicted octanol–water partition coefficient (Wildman–Crippen LogP) is 17.8. The second kappa shape index (κ2) is 14.9. The quantitative estimate of drug-likeness (QED) is 0.166. The van der Waals surface area contributed by atoms with Crippen molar-refractivity contribution in [3.05, 3.63) is 277 Å². The molecule has 0 radical (unpaired) electrons. The number of fused-ring (bicyclic) bond motifs is 15. The minimum absolute atomic E-state index is 0.599. The number of anilines is 3. The zero-order chi connectivity index (χ0) is 45.9. The van der Waals surface area contributed by atoms with Gasteiger partial charge in [-0.05, 0) is 110 Å². The molecule has 3 heteroatoms. The molecule has 15 rings (SSSR count). The van der Waals surface area contributed by atoms with Crippen molar-refractivity contribution in [1.29, 1.82) is 0 Å². The summed E-state index contributed by atoms with van der Waals surface area (Å²) in [6.45, 7) is 0. The van der Waals surface area contributed by atoms with Gasteiger partial charge in [-0.15, -0.1) is 0 Å². The van der Waals surface area contributed by atoms with Crippen LogP contribution in [-0.4, -0.2) is 4.57 Å². The van der Waals surface area contributed by atoms with E-state index < -0.39 is 5.41 Å². The van der Waals surface area contributed by atoms with Crippen molar-refractivity contribution in [3.63, 3.8) is 0 Å². The van der Waals surface area contributed by atoms with Crippen LogP contribution >= 0.6 is 0 Å². The van der Waals surface area contributed by atoms with Gasteiger partial charge in [-0.25, -0.2) is 0 Å². The Labute approximate surface area is 405 Å². The lowest BCUT2D eigenvalue weighted by atomic mass is 9.65. The van der Waals surface area contributed by atoms with E-state index in [0.29, 0.717) is 0 Å². The first kappa shape index (κ1) is 38.9. The van der Waals surface area contributed by atoms with Gasteiger partial charge in [0.05, 0.1) is 33.5 Å². The summed E-state index contributed by atoms with van der Waals surface area (Å²) < 4.78 is 8.82.